The van der Waals surface area contributed by atoms with Crippen LogP contribution in [-0.4, -0.2) is 25.4 Å². The Morgan fingerprint density at radius 1 is 0.972 bits per heavy atom. The Morgan fingerprint density at radius 2 is 1.78 bits per heavy atom. The SMILES string of the molecule is Cc1ccc(NC(=O)c2ccc(CCl)cc2)cc1Nc1nccc(-c2ccc(-n3ccnc3)cc2)n1. The van der Waals surface area contributed by atoms with Crippen molar-refractivity contribution in [1.82, 2.24) is 19.5 Å². The molecule has 3 aromatic carbocycles. The van der Waals surface area contributed by atoms with E-state index in [0.29, 0.717) is 23.1 Å². The summed E-state index contributed by atoms with van der Waals surface area (Å²) < 4.78 is 1.94. The predicted octanol–water partition coefficient (Wildman–Crippen LogP) is 6.37. The van der Waals surface area contributed by atoms with Gasteiger partial charge in [-0.2, -0.15) is 0 Å². The van der Waals surface area contributed by atoms with Crippen molar-refractivity contribution in [2.45, 2.75) is 12.8 Å². The highest BCUT2D eigenvalue weighted by Gasteiger charge is 2.10. The van der Waals surface area contributed by atoms with E-state index in [1.54, 1.807) is 30.9 Å². The number of carbonyl (C=O) groups excluding carboxylic acids is 1. The van der Waals surface area contributed by atoms with E-state index in [-0.39, 0.29) is 5.91 Å². The maximum atomic E-state index is 12.7. The van der Waals surface area contributed by atoms with Crippen LogP contribution in [0.3, 0.4) is 0 Å². The van der Waals surface area contributed by atoms with Crippen LogP contribution in [0.15, 0.2) is 97.7 Å². The Bertz CT molecular complexity index is 1480. The number of benzene rings is 3. The minimum Gasteiger partial charge on any atom is -0.324 e. The summed E-state index contributed by atoms with van der Waals surface area (Å²) in [6, 6.07) is 22.8. The Balaban J connectivity index is 1.32. The van der Waals surface area contributed by atoms with Crippen LogP contribution in [0, 0.1) is 6.92 Å². The molecule has 5 rings (SSSR count). The first-order valence-electron chi connectivity index (χ1n) is 11.3. The zero-order valence-corrected chi connectivity index (χ0v) is 20.3. The number of halogens is 1. The minimum absolute atomic E-state index is 0.191. The molecular weight excluding hydrogens is 472 g/mol. The van der Waals surface area contributed by atoms with Gasteiger partial charge in [-0.15, -0.1) is 11.6 Å². The highest BCUT2D eigenvalue weighted by Crippen LogP contribution is 2.25. The maximum absolute atomic E-state index is 12.7. The normalized spacial score (nSPS) is 10.7. The van der Waals surface area contributed by atoms with Crippen LogP contribution in [0.5, 0.6) is 0 Å². The Labute approximate surface area is 213 Å². The minimum atomic E-state index is -0.191. The van der Waals surface area contributed by atoms with Crippen LogP contribution in [0.1, 0.15) is 21.5 Å². The third-order valence-electron chi connectivity index (χ3n) is 5.73. The molecule has 0 atom stereocenters. The second-order valence-corrected chi connectivity index (χ2v) is 8.49. The lowest BCUT2D eigenvalue weighted by Gasteiger charge is -2.12. The number of carbonyl (C=O) groups is 1. The molecule has 178 valence electrons. The summed E-state index contributed by atoms with van der Waals surface area (Å²) in [5.41, 5.74) is 6.79. The lowest BCUT2D eigenvalue weighted by atomic mass is 10.1. The van der Waals surface area contributed by atoms with Gasteiger partial charge in [0, 0.05) is 52.7 Å². The third-order valence-corrected chi connectivity index (χ3v) is 6.04. The molecular formula is C28H23ClN6O. The number of aromatic nitrogens is 4. The van der Waals surface area contributed by atoms with Crippen molar-refractivity contribution in [3.05, 3.63) is 114 Å². The van der Waals surface area contributed by atoms with Gasteiger partial charge < -0.3 is 15.2 Å². The molecule has 2 N–H and O–H groups in total. The van der Waals surface area contributed by atoms with Crippen molar-refractivity contribution in [2.24, 2.45) is 0 Å². The molecule has 0 aliphatic heterocycles. The van der Waals surface area contributed by atoms with Crippen molar-refractivity contribution in [2.75, 3.05) is 10.6 Å². The van der Waals surface area contributed by atoms with E-state index in [2.05, 4.69) is 25.6 Å². The topological polar surface area (TPSA) is 84.7 Å². The molecule has 0 fully saturated rings. The Kier molecular flexibility index (Phi) is 6.73. The fourth-order valence-electron chi connectivity index (χ4n) is 3.70. The number of nitrogens with one attached hydrogen (secondary N) is 2. The molecule has 1 amide bonds. The first-order valence-corrected chi connectivity index (χ1v) is 11.9. The number of nitrogens with zero attached hydrogens (tertiary/aromatic N) is 4. The van der Waals surface area contributed by atoms with E-state index in [0.717, 1.165) is 33.8 Å². The van der Waals surface area contributed by atoms with E-state index < -0.39 is 0 Å². The molecule has 0 spiro atoms. The van der Waals surface area contributed by atoms with E-state index >= 15 is 0 Å². The second-order valence-electron chi connectivity index (χ2n) is 8.22. The summed E-state index contributed by atoms with van der Waals surface area (Å²) in [7, 11) is 0. The van der Waals surface area contributed by atoms with Gasteiger partial charge in [-0.25, -0.2) is 15.0 Å². The number of anilines is 3. The molecule has 0 radical (unpaired) electrons. The van der Waals surface area contributed by atoms with Gasteiger partial charge in [0.1, 0.15) is 0 Å². The molecule has 7 nitrogen and oxygen atoms in total. The largest absolute Gasteiger partial charge is 0.324 e. The van der Waals surface area contributed by atoms with Gasteiger partial charge in [-0.05, 0) is 60.5 Å². The van der Waals surface area contributed by atoms with Gasteiger partial charge in [0.25, 0.3) is 5.91 Å². The second kappa shape index (κ2) is 10.4. The quantitative estimate of drug-likeness (QED) is 0.257. The van der Waals surface area contributed by atoms with Crippen molar-refractivity contribution in [3.8, 4) is 16.9 Å². The molecule has 0 unspecified atom stereocenters. The van der Waals surface area contributed by atoms with Crippen molar-refractivity contribution in [1.29, 1.82) is 0 Å². The first kappa shape index (κ1) is 23.3. The average Bonchev–Trinajstić information content (AvgIpc) is 3.46. The molecule has 5 aromatic rings. The molecule has 0 aliphatic carbocycles. The van der Waals surface area contributed by atoms with Gasteiger partial charge >= 0.3 is 0 Å². The summed E-state index contributed by atoms with van der Waals surface area (Å²) in [5.74, 6) is 0.687. The van der Waals surface area contributed by atoms with Crippen LogP contribution >= 0.6 is 11.6 Å². The maximum Gasteiger partial charge on any atom is 0.255 e. The third kappa shape index (κ3) is 5.26. The number of rotatable bonds is 7. The zero-order chi connectivity index (χ0) is 24.9. The van der Waals surface area contributed by atoms with Gasteiger partial charge in [0.2, 0.25) is 5.95 Å². The van der Waals surface area contributed by atoms with Crippen molar-refractivity contribution < 1.29 is 4.79 Å². The standard InChI is InChI=1S/C28H23ClN6O/c1-19-2-9-23(32-27(36)22-5-3-20(17-29)4-6-22)16-26(19)34-28-31-13-12-25(33-28)21-7-10-24(11-8-21)35-15-14-30-18-35/h2-16,18H,17H2,1H3,(H,32,36)(H,31,33,34). The Morgan fingerprint density at radius 3 is 2.50 bits per heavy atom. The van der Waals surface area contributed by atoms with E-state index in [1.807, 2.05) is 78.4 Å². The van der Waals surface area contributed by atoms with E-state index in [4.69, 9.17) is 11.6 Å². The average molecular weight is 495 g/mol. The molecule has 0 saturated heterocycles. The molecule has 2 aromatic heterocycles. The number of aryl methyl sites for hydroxylation is 1. The molecule has 0 saturated carbocycles. The lowest BCUT2D eigenvalue weighted by molar-refractivity contribution is 0.102. The van der Waals surface area contributed by atoms with Crippen LogP contribution < -0.4 is 10.6 Å². The van der Waals surface area contributed by atoms with E-state index in [9.17, 15) is 4.79 Å². The number of amides is 1. The number of hydrogen-bond donors (Lipinski definition) is 2. The van der Waals surface area contributed by atoms with Gasteiger partial charge in [0.15, 0.2) is 0 Å². The lowest BCUT2D eigenvalue weighted by Crippen LogP contribution is -2.12. The molecule has 0 aliphatic rings. The van der Waals surface area contributed by atoms with Crippen LogP contribution in [0.25, 0.3) is 16.9 Å². The highest BCUT2D eigenvalue weighted by molar-refractivity contribution is 6.17. The molecule has 0 bridgehead atoms. The summed E-state index contributed by atoms with van der Waals surface area (Å²) in [5, 5.41) is 6.23. The van der Waals surface area contributed by atoms with Gasteiger partial charge in [0.05, 0.1) is 12.0 Å². The van der Waals surface area contributed by atoms with Gasteiger partial charge in [-0.1, -0.05) is 30.3 Å². The van der Waals surface area contributed by atoms with Crippen LogP contribution in [-0.2, 0) is 5.88 Å². The fraction of sp³-hybridized carbons (Fsp3) is 0.0714. The summed E-state index contributed by atoms with van der Waals surface area (Å²) in [6.07, 6.45) is 7.13. The first-order chi connectivity index (χ1) is 17.6. The van der Waals surface area contributed by atoms with Crippen molar-refractivity contribution in [3.63, 3.8) is 0 Å². The number of hydrogen-bond acceptors (Lipinski definition) is 5. The monoisotopic (exact) mass is 494 g/mol. The predicted molar refractivity (Wildman–Crippen MR) is 143 cm³/mol. The summed E-state index contributed by atoms with van der Waals surface area (Å²) in [6.45, 7) is 1.98. The fourth-order valence-corrected chi connectivity index (χ4v) is 3.88. The van der Waals surface area contributed by atoms with E-state index in [1.165, 1.54) is 0 Å². The summed E-state index contributed by atoms with van der Waals surface area (Å²) >= 11 is 5.84. The number of alkyl halides is 1. The molecule has 8 heteroatoms. The Hall–Kier alpha value is -4.49. The molecule has 2 heterocycles. The van der Waals surface area contributed by atoms with Gasteiger partial charge in [-0.3, -0.25) is 4.79 Å². The van der Waals surface area contributed by atoms with Crippen LogP contribution in [0.2, 0.25) is 0 Å². The van der Waals surface area contributed by atoms with Crippen LogP contribution in [0.4, 0.5) is 17.3 Å². The number of imidazole rings is 1. The molecule has 36 heavy (non-hydrogen) atoms. The highest BCUT2D eigenvalue weighted by atomic mass is 35.5. The van der Waals surface area contributed by atoms with Crippen molar-refractivity contribution >= 4 is 34.8 Å². The summed E-state index contributed by atoms with van der Waals surface area (Å²) in [4.78, 5) is 25.8. The smallest absolute Gasteiger partial charge is 0.255 e. The zero-order valence-electron chi connectivity index (χ0n) is 19.5.